The van der Waals surface area contributed by atoms with Crippen molar-refractivity contribution >= 4 is 11.9 Å². The van der Waals surface area contributed by atoms with E-state index < -0.39 is 11.9 Å². The molecule has 2 fully saturated rings. The van der Waals surface area contributed by atoms with Gasteiger partial charge in [-0.3, -0.25) is 9.59 Å². The summed E-state index contributed by atoms with van der Waals surface area (Å²) >= 11 is 0. The molecule has 2 unspecified atom stereocenters. The molecule has 0 radical (unpaired) electrons. The normalized spacial score (nSPS) is 26.8. The number of nitrogens with zero attached hydrogens (tertiary/aromatic N) is 1. The van der Waals surface area contributed by atoms with Gasteiger partial charge in [-0.2, -0.15) is 0 Å². The molecule has 2 atom stereocenters. The van der Waals surface area contributed by atoms with Crippen LogP contribution in [0, 0.1) is 12.8 Å². The van der Waals surface area contributed by atoms with Crippen molar-refractivity contribution in [1.29, 1.82) is 0 Å². The van der Waals surface area contributed by atoms with Crippen molar-refractivity contribution < 1.29 is 14.7 Å². The van der Waals surface area contributed by atoms with Crippen LogP contribution in [0.2, 0.25) is 0 Å². The SMILES string of the molecule is Cc1ccc(C2C(C(=O)O)CC(=O)N2C2CC2)cc1. The van der Waals surface area contributed by atoms with Gasteiger partial charge in [0.05, 0.1) is 12.0 Å². The van der Waals surface area contributed by atoms with Gasteiger partial charge in [-0.25, -0.2) is 0 Å². The molecule has 0 aromatic heterocycles. The molecule has 1 saturated carbocycles. The Morgan fingerprint density at radius 1 is 1.26 bits per heavy atom. The Morgan fingerprint density at radius 3 is 2.42 bits per heavy atom. The first kappa shape index (κ1) is 12.2. The second-order valence-corrected chi connectivity index (χ2v) is 5.54. The van der Waals surface area contributed by atoms with E-state index in [0.29, 0.717) is 0 Å². The maximum absolute atomic E-state index is 12.1. The summed E-state index contributed by atoms with van der Waals surface area (Å²) in [5, 5.41) is 9.36. The van der Waals surface area contributed by atoms with Crippen LogP contribution in [0.4, 0.5) is 0 Å². The summed E-state index contributed by atoms with van der Waals surface area (Å²) in [5.74, 6) is -1.50. The molecule has 4 heteroatoms. The van der Waals surface area contributed by atoms with Crippen molar-refractivity contribution in [3.05, 3.63) is 35.4 Å². The van der Waals surface area contributed by atoms with Crippen molar-refractivity contribution in [3.8, 4) is 0 Å². The van der Waals surface area contributed by atoms with Crippen LogP contribution >= 0.6 is 0 Å². The van der Waals surface area contributed by atoms with Crippen molar-refractivity contribution in [1.82, 2.24) is 4.90 Å². The number of likely N-dealkylation sites (tertiary alicyclic amines) is 1. The van der Waals surface area contributed by atoms with E-state index >= 15 is 0 Å². The molecule has 1 aliphatic heterocycles. The van der Waals surface area contributed by atoms with Crippen LogP contribution in [0.1, 0.15) is 36.4 Å². The van der Waals surface area contributed by atoms with Gasteiger partial charge >= 0.3 is 5.97 Å². The minimum atomic E-state index is -0.873. The number of carbonyl (C=O) groups excluding carboxylic acids is 1. The lowest BCUT2D eigenvalue weighted by atomic mass is 9.93. The summed E-state index contributed by atoms with van der Waals surface area (Å²) in [7, 11) is 0. The molecule has 1 aromatic carbocycles. The number of amides is 1. The lowest BCUT2D eigenvalue weighted by Crippen LogP contribution is -2.32. The predicted molar refractivity (Wildman–Crippen MR) is 69.5 cm³/mol. The van der Waals surface area contributed by atoms with Gasteiger partial charge in [-0.15, -0.1) is 0 Å². The van der Waals surface area contributed by atoms with E-state index in [1.54, 1.807) is 0 Å². The molecule has 1 heterocycles. The second-order valence-electron chi connectivity index (χ2n) is 5.54. The van der Waals surface area contributed by atoms with Crippen LogP contribution in [0.25, 0.3) is 0 Å². The molecule has 1 aliphatic carbocycles. The van der Waals surface area contributed by atoms with Gasteiger partial charge in [0, 0.05) is 12.5 Å². The summed E-state index contributed by atoms with van der Waals surface area (Å²) < 4.78 is 0. The number of benzene rings is 1. The molecule has 1 amide bonds. The lowest BCUT2D eigenvalue weighted by Gasteiger charge is -2.27. The molecule has 1 aromatic rings. The number of aliphatic carboxylic acids is 1. The third-order valence-electron chi connectivity index (χ3n) is 4.04. The van der Waals surface area contributed by atoms with E-state index in [0.717, 1.165) is 24.0 Å². The van der Waals surface area contributed by atoms with Gasteiger partial charge in [0.25, 0.3) is 0 Å². The summed E-state index contributed by atoms with van der Waals surface area (Å²) in [6.07, 6.45) is 2.13. The summed E-state index contributed by atoms with van der Waals surface area (Å²) in [5.41, 5.74) is 2.08. The van der Waals surface area contributed by atoms with E-state index in [9.17, 15) is 14.7 Å². The monoisotopic (exact) mass is 259 g/mol. The number of carboxylic acid groups (broad SMARTS) is 1. The van der Waals surface area contributed by atoms with Crippen LogP contribution in [0.5, 0.6) is 0 Å². The highest BCUT2D eigenvalue weighted by Crippen LogP contribution is 2.44. The molecule has 1 saturated heterocycles. The zero-order valence-electron chi connectivity index (χ0n) is 10.9. The molecule has 100 valence electrons. The third-order valence-corrected chi connectivity index (χ3v) is 4.04. The molecular formula is C15H17NO3. The largest absolute Gasteiger partial charge is 0.481 e. The smallest absolute Gasteiger partial charge is 0.309 e. The van der Waals surface area contributed by atoms with Crippen LogP contribution in [-0.4, -0.2) is 27.9 Å². The van der Waals surface area contributed by atoms with Crippen LogP contribution in [0.15, 0.2) is 24.3 Å². The molecule has 0 bridgehead atoms. The summed E-state index contributed by atoms with van der Waals surface area (Å²) in [6.45, 7) is 2.00. The fraction of sp³-hybridized carbons (Fsp3) is 0.467. The Morgan fingerprint density at radius 2 is 1.89 bits per heavy atom. The number of hydrogen-bond donors (Lipinski definition) is 1. The van der Waals surface area contributed by atoms with E-state index in [-0.39, 0.29) is 24.4 Å². The van der Waals surface area contributed by atoms with E-state index in [2.05, 4.69) is 0 Å². The third kappa shape index (κ3) is 2.11. The Balaban J connectivity index is 1.98. The lowest BCUT2D eigenvalue weighted by molar-refractivity contribution is -0.142. The van der Waals surface area contributed by atoms with E-state index in [4.69, 9.17) is 0 Å². The van der Waals surface area contributed by atoms with Gasteiger partial charge in [-0.05, 0) is 25.3 Å². The fourth-order valence-electron chi connectivity index (χ4n) is 2.92. The van der Waals surface area contributed by atoms with Crippen LogP contribution < -0.4 is 0 Å². The highest BCUT2D eigenvalue weighted by molar-refractivity contribution is 5.87. The maximum Gasteiger partial charge on any atom is 0.309 e. The quantitative estimate of drug-likeness (QED) is 0.904. The van der Waals surface area contributed by atoms with E-state index in [1.165, 1.54) is 0 Å². The summed E-state index contributed by atoms with van der Waals surface area (Å²) in [4.78, 5) is 25.3. The number of hydrogen-bond acceptors (Lipinski definition) is 2. The Kier molecular flexibility index (Phi) is 2.81. The Labute approximate surface area is 112 Å². The molecule has 3 rings (SSSR count). The zero-order valence-corrected chi connectivity index (χ0v) is 10.9. The first-order chi connectivity index (χ1) is 9.08. The predicted octanol–water partition coefficient (Wildman–Crippen LogP) is 2.13. The topological polar surface area (TPSA) is 57.6 Å². The maximum atomic E-state index is 12.1. The molecule has 1 N–H and O–H groups in total. The molecule has 4 nitrogen and oxygen atoms in total. The van der Waals surface area contributed by atoms with Crippen molar-refractivity contribution in [2.45, 2.75) is 38.3 Å². The van der Waals surface area contributed by atoms with Gasteiger partial charge in [0.1, 0.15) is 0 Å². The minimum absolute atomic E-state index is 0.0134. The summed E-state index contributed by atoms with van der Waals surface area (Å²) in [6, 6.07) is 7.80. The van der Waals surface area contributed by atoms with Gasteiger partial charge in [0.15, 0.2) is 0 Å². The Bertz CT molecular complexity index is 519. The first-order valence-electron chi connectivity index (χ1n) is 6.68. The fourth-order valence-corrected chi connectivity index (χ4v) is 2.92. The highest BCUT2D eigenvalue weighted by Gasteiger charge is 2.49. The molecular weight excluding hydrogens is 242 g/mol. The second kappa shape index (κ2) is 4.37. The van der Waals surface area contributed by atoms with Crippen molar-refractivity contribution in [3.63, 3.8) is 0 Å². The van der Waals surface area contributed by atoms with Crippen molar-refractivity contribution in [2.75, 3.05) is 0 Å². The van der Waals surface area contributed by atoms with Crippen LogP contribution in [-0.2, 0) is 9.59 Å². The van der Waals surface area contributed by atoms with Crippen LogP contribution in [0.3, 0.4) is 0 Å². The van der Waals surface area contributed by atoms with Gasteiger partial charge in [0.2, 0.25) is 5.91 Å². The number of carboxylic acids is 1. The number of carbonyl (C=O) groups is 2. The first-order valence-corrected chi connectivity index (χ1v) is 6.68. The molecule has 19 heavy (non-hydrogen) atoms. The van der Waals surface area contributed by atoms with Gasteiger partial charge < -0.3 is 10.0 Å². The average Bonchev–Trinajstić information content (AvgIpc) is 3.14. The minimum Gasteiger partial charge on any atom is -0.481 e. The number of aryl methyl sites for hydroxylation is 1. The van der Waals surface area contributed by atoms with Gasteiger partial charge in [-0.1, -0.05) is 29.8 Å². The molecule has 2 aliphatic rings. The highest BCUT2D eigenvalue weighted by atomic mass is 16.4. The Hall–Kier alpha value is -1.84. The zero-order chi connectivity index (χ0) is 13.6. The standard InChI is InChI=1S/C15H17NO3/c1-9-2-4-10(5-3-9)14-12(15(18)19)8-13(17)16(14)11-6-7-11/h2-5,11-12,14H,6-8H2,1H3,(H,18,19). The molecule has 0 spiro atoms. The number of rotatable bonds is 3. The van der Waals surface area contributed by atoms with Crippen molar-refractivity contribution in [2.24, 2.45) is 5.92 Å². The average molecular weight is 259 g/mol. The van der Waals surface area contributed by atoms with E-state index in [1.807, 2.05) is 36.1 Å².